The third kappa shape index (κ3) is 17.5. The van der Waals surface area contributed by atoms with Gasteiger partial charge in [-0.2, -0.15) is 5.26 Å². The lowest BCUT2D eigenvalue weighted by molar-refractivity contribution is -0.136. The molecule has 0 aliphatic heterocycles. The van der Waals surface area contributed by atoms with Gasteiger partial charge >= 0.3 is 0 Å². The number of carbonyl (C=O) groups excluding carboxylic acids is 2. The number of para-hydroxylation sites is 1. The van der Waals surface area contributed by atoms with E-state index in [-0.39, 0.29) is 12.2 Å². The average Bonchev–Trinajstić information content (AvgIpc) is 2.68. The maximum atomic E-state index is 9.90. The molecule has 10 N–H and O–H groups in total. The fourth-order valence-corrected chi connectivity index (χ4v) is 1.10. The summed E-state index contributed by atoms with van der Waals surface area (Å²) in [6.45, 7) is 1.24. The largest absolute Gasteiger partial charge is 0.508 e. The van der Waals surface area contributed by atoms with Crippen LogP contribution < -0.4 is 11.5 Å². The highest BCUT2D eigenvalue weighted by Gasteiger charge is 2.29. The minimum absolute atomic E-state index is 0.0258. The van der Waals surface area contributed by atoms with Gasteiger partial charge in [0.2, 0.25) is 12.2 Å². The number of aliphatic hydroxyl groups excluding tert-OH is 5. The van der Waals surface area contributed by atoms with E-state index in [1.165, 1.54) is 6.19 Å². The number of phenols is 1. The van der Waals surface area contributed by atoms with Gasteiger partial charge in [-0.05, 0) is 12.1 Å². The SMILES string of the molecule is C=O.N#CN=C(N)N.O=C[C@H](O)[C@@H](O)[C@H](O)[C@H](O)CO.Oc1ccccc1. The van der Waals surface area contributed by atoms with Crippen molar-refractivity contribution < 1.29 is 40.2 Å². The Balaban J connectivity index is -0.000000327. The van der Waals surface area contributed by atoms with Crippen LogP contribution in [0, 0.1) is 11.5 Å². The number of rotatable bonds is 5. The molecule has 0 aliphatic rings. The first-order valence-electron chi connectivity index (χ1n) is 7.00. The van der Waals surface area contributed by atoms with E-state index in [9.17, 15) is 4.79 Å². The Bertz CT molecular complexity index is 548. The van der Waals surface area contributed by atoms with E-state index in [4.69, 9.17) is 52.2 Å². The molecule has 0 spiro atoms. The molecule has 0 saturated heterocycles. The minimum Gasteiger partial charge on any atom is -0.508 e. The highest BCUT2D eigenvalue weighted by Crippen LogP contribution is 2.03. The fraction of sp³-hybridized carbons (Fsp3) is 0.333. The first-order valence-corrected chi connectivity index (χ1v) is 7.00. The molecule has 4 atom stereocenters. The molecule has 0 fully saturated rings. The fourth-order valence-electron chi connectivity index (χ4n) is 1.10. The van der Waals surface area contributed by atoms with Crippen LogP contribution in [0.5, 0.6) is 5.75 Å². The normalized spacial score (nSPS) is 13.0. The predicted molar refractivity (Wildman–Crippen MR) is 93.8 cm³/mol. The van der Waals surface area contributed by atoms with Crippen molar-refractivity contribution in [3.05, 3.63) is 30.3 Å². The van der Waals surface area contributed by atoms with Crippen LogP contribution in [0.4, 0.5) is 0 Å². The molecule has 0 saturated carbocycles. The van der Waals surface area contributed by atoms with Gasteiger partial charge in [-0.3, -0.25) is 0 Å². The van der Waals surface area contributed by atoms with E-state index in [1.54, 1.807) is 24.3 Å². The van der Waals surface area contributed by atoms with Crippen molar-refractivity contribution in [2.24, 2.45) is 16.5 Å². The number of hydrogen-bond acceptors (Lipinski definition) is 10. The molecule has 0 amide bonds. The van der Waals surface area contributed by atoms with E-state index >= 15 is 0 Å². The van der Waals surface area contributed by atoms with Crippen molar-refractivity contribution in [3.63, 3.8) is 0 Å². The van der Waals surface area contributed by atoms with Crippen LogP contribution in [0.3, 0.4) is 0 Å². The molecule has 152 valence electrons. The lowest BCUT2D eigenvalue weighted by atomic mass is 10.0. The van der Waals surface area contributed by atoms with Crippen LogP contribution >= 0.6 is 0 Å². The van der Waals surface area contributed by atoms with Gasteiger partial charge in [0.25, 0.3) is 0 Å². The quantitative estimate of drug-likeness (QED) is 0.107. The Kier molecular flexibility index (Phi) is 20.5. The van der Waals surface area contributed by atoms with Crippen molar-refractivity contribution in [1.82, 2.24) is 0 Å². The van der Waals surface area contributed by atoms with Crippen LogP contribution in [0.25, 0.3) is 0 Å². The van der Waals surface area contributed by atoms with Crippen LogP contribution in [0.2, 0.25) is 0 Å². The summed E-state index contributed by atoms with van der Waals surface area (Å²) in [5, 5.41) is 59.8. The molecule has 0 bridgehead atoms. The van der Waals surface area contributed by atoms with Gasteiger partial charge in [0.15, 0.2) is 6.29 Å². The van der Waals surface area contributed by atoms with Crippen molar-refractivity contribution in [2.45, 2.75) is 24.4 Å². The van der Waals surface area contributed by atoms with Gasteiger partial charge in [0.1, 0.15) is 37.0 Å². The van der Waals surface area contributed by atoms with Crippen molar-refractivity contribution in [3.8, 4) is 11.9 Å². The zero-order chi connectivity index (χ0) is 21.8. The number of carbonyl (C=O) groups is 2. The molecule has 0 aromatic heterocycles. The Labute approximate surface area is 155 Å². The predicted octanol–water partition coefficient (Wildman–Crippen LogP) is -3.43. The Morgan fingerprint density at radius 1 is 1.15 bits per heavy atom. The van der Waals surface area contributed by atoms with Gasteiger partial charge in [-0.25, -0.2) is 0 Å². The summed E-state index contributed by atoms with van der Waals surface area (Å²) >= 11 is 0. The number of nitrogens with zero attached hydrogens (tertiary/aromatic N) is 2. The maximum Gasteiger partial charge on any atom is 0.209 e. The number of aldehydes is 1. The first-order chi connectivity index (χ1) is 12.7. The third-order valence-electron chi connectivity index (χ3n) is 2.36. The van der Waals surface area contributed by atoms with Gasteiger partial charge in [0.05, 0.1) is 6.61 Å². The maximum absolute atomic E-state index is 9.90. The molecule has 0 aliphatic carbocycles. The van der Waals surface area contributed by atoms with Gasteiger partial charge in [-0.15, -0.1) is 4.99 Å². The molecule has 0 radical (unpaired) electrons. The second-order valence-electron chi connectivity index (χ2n) is 4.33. The van der Waals surface area contributed by atoms with Crippen LogP contribution in [0.15, 0.2) is 35.3 Å². The van der Waals surface area contributed by atoms with E-state index in [0.29, 0.717) is 5.75 Å². The smallest absolute Gasteiger partial charge is 0.209 e. The lowest BCUT2D eigenvalue weighted by Crippen LogP contribution is -2.46. The molecule has 12 heteroatoms. The molecule has 0 unspecified atom stereocenters. The summed E-state index contributed by atoms with van der Waals surface area (Å²) in [4.78, 5) is 20.8. The Morgan fingerprint density at radius 2 is 1.63 bits per heavy atom. The second kappa shape index (κ2) is 19.2. The number of phenolic OH excluding ortho intramolecular Hbond substituents is 1. The third-order valence-corrected chi connectivity index (χ3v) is 2.36. The Hall–Kier alpha value is -3.08. The van der Waals surface area contributed by atoms with Gasteiger partial charge < -0.3 is 51.7 Å². The first kappa shape index (κ1) is 28.7. The summed E-state index contributed by atoms with van der Waals surface area (Å²) < 4.78 is 0. The topological polar surface area (TPSA) is 244 Å². The number of nitrogens with two attached hydrogens (primary N) is 2. The summed E-state index contributed by atoms with van der Waals surface area (Å²) in [6, 6.07) is 8.71. The Morgan fingerprint density at radius 3 is 1.85 bits per heavy atom. The monoisotopic (exact) mass is 388 g/mol. The number of aliphatic hydroxyl groups is 5. The van der Waals surface area contributed by atoms with E-state index in [0.717, 1.165) is 0 Å². The molecule has 1 aromatic carbocycles. The molecule has 1 aromatic rings. The lowest BCUT2D eigenvalue weighted by Gasteiger charge is -2.22. The highest BCUT2D eigenvalue weighted by atomic mass is 16.4. The van der Waals surface area contributed by atoms with Crippen LogP contribution in [-0.2, 0) is 9.59 Å². The van der Waals surface area contributed by atoms with Crippen molar-refractivity contribution in [1.29, 1.82) is 5.26 Å². The number of aliphatic imine (C=N–C) groups is 1. The summed E-state index contributed by atoms with van der Waals surface area (Å²) in [7, 11) is 0. The standard InChI is InChI=1S/C6H12O6.C6H6O.C2H4N4.CH2O/c7-1-3(9)5(11)6(12)4(10)2-8;7-6-4-2-1-3-5-6;3-1-6-2(4)5;1-2/h1,3-6,8-12H,2H2;1-5,7H;(H4,4,5,6);1H2/t3-,4+,5+,6+;;;/m0.../s1. The van der Waals surface area contributed by atoms with E-state index in [1.807, 2.05) is 12.9 Å². The number of aromatic hydroxyl groups is 1. The zero-order valence-corrected chi connectivity index (χ0v) is 14.2. The summed E-state index contributed by atoms with van der Waals surface area (Å²) in [6.07, 6.45) is -5.43. The molecule has 0 heterocycles. The summed E-state index contributed by atoms with van der Waals surface area (Å²) in [5.41, 5.74) is 9.42. The molecular formula is C15H24N4O8. The van der Waals surface area contributed by atoms with Crippen molar-refractivity contribution >= 4 is 19.0 Å². The summed E-state index contributed by atoms with van der Waals surface area (Å²) in [5.74, 6) is 0.125. The van der Waals surface area contributed by atoms with Gasteiger partial charge in [0, 0.05) is 0 Å². The molecule has 27 heavy (non-hydrogen) atoms. The zero-order valence-electron chi connectivity index (χ0n) is 14.2. The average molecular weight is 388 g/mol. The molecule has 1 rings (SSSR count). The van der Waals surface area contributed by atoms with Crippen LogP contribution in [0.1, 0.15) is 0 Å². The highest BCUT2D eigenvalue weighted by molar-refractivity contribution is 5.76. The van der Waals surface area contributed by atoms with Crippen LogP contribution in [-0.4, -0.2) is 80.7 Å². The minimum atomic E-state index is -1.79. The number of benzene rings is 1. The van der Waals surface area contributed by atoms with Crippen molar-refractivity contribution in [2.75, 3.05) is 6.61 Å². The van der Waals surface area contributed by atoms with E-state index in [2.05, 4.69) is 4.99 Å². The second-order valence-corrected chi connectivity index (χ2v) is 4.33. The number of nitriles is 1. The number of guanidine groups is 1. The molecular weight excluding hydrogens is 364 g/mol. The van der Waals surface area contributed by atoms with E-state index < -0.39 is 31.0 Å². The number of hydrogen-bond donors (Lipinski definition) is 8. The molecule has 12 nitrogen and oxygen atoms in total. The van der Waals surface area contributed by atoms with Gasteiger partial charge in [-0.1, -0.05) is 18.2 Å².